The Balaban J connectivity index is 2.62. The smallest absolute Gasteiger partial charge is 0.256 e. The van der Waals surface area contributed by atoms with Gasteiger partial charge in [-0.05, 0) is 43.7 Å². The second-order valence-corrected chi connectivity index (χ2v) is 6.94. The van der Waals surface area contributed by atoms with Gasteiger partial charge < -0.3 is 25.4 Å². The van der Waals surface area contributed by atoms with Gasteiger partial charge in [-0.3, -0.25) is 9.59 Å². The molecule has 0 bridgehead atoms. The molecular weight excluding hydrogens is 401 g/mol. The van der Waals surface area contributed by atoms with Crippen LogP contribution in [0.25, 0.3) is 0 Å². The number of rotatable bonds is 9. The second-order valence-electron chi connectivity index (χ2n) is 6.94. The molecule has 8 heteroatoms. The molecule has 2 rings (SSSR count). The number of anilines is 1. The number of methoxy groups -OCH3 is 1. The van der Waals surface area contributed by atoms with Crippen LogP contribution in [-0.4, -0.2) is 38.3 Å². The highest BCUT2D eigenvalue weighted by Gasteiger charge is 2.23. The molecule has 2 aromatic rings. The highest BCUT2D eigenvalue weighted by molar-refractivity contribution is 5.98. The number of hydrogen-bond donors (Lipinski definition) is 2. The van der Waals surface area contributed by atoms with Crippen molar-refractivity contribution in [2.75, 3.05) is 26.5 Å². The minimum absolute atomic E-state index is 0.0948. The first-order chi connectivity index (χ1) is 14.7. The number of aldehydes is 1. The Bertz CT molecular complexity index is 1050. The summed E-state index contributed by atoms with van der Waals surface area (Å²) in [5, 5.41) is 2.89. The van der Waals surface area contributed by atoms with Crippen molar-refractivity contribution in [3.05, 3.63) is 76.6 Å². The third-order valence-electron chi connectivity index (χ3n) is 4.45. The molecule has 0 aliphatic rings. The van der Waals surface area contributed by atoms with Crippen molar-refractivity contribution < 1.29 is 23.5 Å². The Morgan fingerprint density at radius 1 is 1.16 bits per heavy atom. The normalized spacial score (nSPS) is 12.0. The molecule has 31 heavy (non-hydrogen) atoms. The molecule has 0 heterocycles. The average molecular weight is 427 g/mol. The van der Waals surface area contributed by atoms with Crippen LogP contribution in [0.2, 0.25) is 0 Å². The summed E-state index contributed by atoms with van der Waals surface area (Å²) in [6.45, 7) is 3.53. The molecule has 0 atom stereocenters. The van der Waals surface area contributed by atoms with Crippen LogP contribution in [0.15, 0.2) is 59.6 Å². The fourth-order valence-corrected chi connectivity index (χ4v) is 2.88. The van der Waals surface area contributed by atoms with Gasteiger partial charge in [0.15, 0.2) is 0 Å². The van der Waals surface area contributed by atoms with E-state index in [2.05, 4.69) is 5.32 Å². The number of primary amides is 1. The van der Waals surface area contributed by atoms with Gasteiger partial charge in [-0.1, -0.05) is 12.1 Å². The number of ether oxygens (including phenoxy) is 2. The molecule has 0 unspecified atom stereocenters. The van der Waals surface area contributed by atoms with Crippen molar-refractivity contribution in [2.24, 2.45) is 5.73 Å². The molecule has 164 valence electrons. The number of nitrogens with zero attached hydrogens (tertiary/aromatic N) is 1. The van der Waals surface area contributed by atoms with E-state index in [1.165, 1.54) is 13.2 Å². The zero-order valence-corrected chi connectivity index (χ0v) is 18.2. The fraction of sp³-hybridized carbons (Fsp3) is 0.217. The quantitative estimate of drug-likeness (QED) is 0.276. The van der Waals surface area contributed by atoms with Gasteiger partial charge >= 0.3 is 0 Å². The minimum atomic E-state index is -0.864. The number of nitrogens with one attached hydrogen (secondary N) is 1. The zero-order chi connectivity index (χ0) is 23.1. The van der Waals surface area contributed by atoms with Crippen LogP contribution < -0.4 is 20.5 Å². The summed E-state index contributed by atoms with van der Waals surface area (Å²) in [6.07, 6.45) is 1.56. The summed E-state index contributed by atoms with van der Waals surface area (Å²) in [4.78, 5) is 25.3. The lowest BCUT2D eigenvalue weighted by Gasteiger charge is -2.24. The number of hydrogen-bond acceptors (Lipinski definition) is 6. The molecule has 2 aromatic carbocycles. The first kappa shape index (κ1) is 23.5. The number of allylic oxidation sites excluding steroid dienone is 1. The van der Waals surface area contributed by atoms with Crippen molar-refractivity contribution in [3.8, 4) is 11.5 Å². The Morgan fingerprint density at radius 3 is 2.39 bits per heavy atom. The van der Waals surface area contributed by atoms with Crippen molar-refractivity contribution in [1.82, 2.24) is 4.90 Å². The maximum atomic E-state index is 14.4. The Kier molecular flexibility index (Phi) is 7.79. The van der Waals surface area contributed by atoms with E-state index in [4.69, 9.17) is 15.2 Å². The lowest BCUT2D eigenvalue weighted by Crippen LogP contribution is -2.29. The second kappa shape index (κ2) is 10.3. The lowest BCUT2D eigenvalue weighted by atomic mass is 10.1. The molecule has 0 radical (unpaired) electrons. The highest BCUT2D eigenvalue weighted by atomic mass is 19.1. The molecular formula is C23H26FN3O4. The topological polar surface area (TPSA) is 93.9 Å². The molecule has 0 fully saturated rings. The van der Waals surface area contributed by atoms with E-state index >= 15 is 0 Å². The maximum Gasteiger partial charge on any atom is 0.256 e. The van der Waals surface area contributed by atoms with E-state index in [0.717, 1.165) is 11.6 Å². The highest BCUT2D eigenvalue weighted by Crippen LogP contribution is 2.31. The van der Waals surface area contributed by atoms with E-state index < -0.39 is 11.7 Å². The number of nitrogens with two attached hydrogens (primary N) is 1. The largest absolute Gasteiger partial charge is 0.496 e. The van der Waals surface area contributed by atoms with Crippen LogP contribution in [0.5, 0.6) is 11.5 Å². The van der Waals surface area contributed by atoms with E-state index in [1.807, 2.05) is 0 Å². The molecule has 7 nitrogen and oxygen atoms in total. The van der Waals surface area contributed by atoms with Gasteiger partial charge in [0, 0.05) is 25.7 Å². The Labute approximate surface area is 180 Å². The van der Waals surface area contributed by atoms with E-state index in [0.29, 0.717) is 23.3 Å². The van der Waals surface area contributed by atoms with Gasteiger partial charge in [0.1, 0.15) is 40.8 Å². The van der Waals surface area contributed by atoms with Crippen LogP contribution in [0, 0.1) is 19.7 Å². The standard InChI is InChI=1S/C23H26FN3O4/c1-14-9-10-17(16(24)13-14)26-23(27(3)4)21(22(25)29)20(11-12-28)31-19-8-6-7-18(30-5)15(19)2/h6-13,26H,1-5H3,(H2,25,29)/b20-11+,23-21+. The number of amides is 1. The summed E-state index contributed by atoms with van der Waals surface area (Å²) >= 11 is 0. The summed E-state index contributed by atoms with van der Waals surface area (Å²) in [6, 6.07) is 9.75. The molecule has 1 amide bonds. The maximum absolute atomic E-state index is 14.4. The predicted octanol–water partition coefficient (Wildman–Crippen LogP) is 3.28. The Morgan fingerprint density at radius 2 is 1.84 bits per heavy atom. The van der Waals surface area contributed by atoms with Crippen LogP contribution in [0.3, 0.4) is 0 Å². The van der Waals surface area contributed by atoms with Crippen molar-refractivity contribution >= 4 is 17.9 Å². The molecule has 3 N–H and O–H groups in total. The van der Waals surface area contributed by atoms with Gasteiger partial charge in [0.2, 0.25) is 0 Å². The fourth-order valence-electron chi connectivity index (χ4n) is 2.88. The Hall–Kier alpha value is -3.81. The van der Waals surface area contributed by atoms with Crippen molar-refractivity contribution in [2.45, 2.75) is 13.8 Å². The number of halogens is 1. The monoisotopic (exact) mass is 427 g/mol. The number of aryl methyl sites for hydroxylation is 1. The third-order valence-corrected chi connectivity index (χ3v) is 4.45. The number of carbonyl (C=O) groups is 2. The van der Waals surface area contributed by atoms with Crippen LogP contribution in [0.4, 0.5) is 10.1 Å². The predicted molar refractivity (Wildman–Crippen MR) is 117 cm³/mol. The van der Waals surface area contributed by atoms with Crippen LogP contribution in [-0.2, 0) is 9.59 Å². The van der Waals surface area contributed by atoms with Gasteiger partial charge in [-0.2, -0.15) is 0 Å². The molecule has 0 aliphatic heterocycles. The molecule has 0 aromatic heterocycles. The van der Waals surface area contributed by atoms with Gasteiger partial charge in [-0.25, -0.2) is 4.39 Å². The number of benzene rings is 2. The van der Waals surface area contributed by atoms with E-state index in [9.17, 15) is 14.0 Å². The van der Waals surface area contributed by atoms with E-state index in [-0.39, 0.29) is 22.8 Å². The van der Waals surface area contributed by atoms with E-state index in [1.54, 1.807) is 63.2 Å². The van der Waals surface area contributed by atoms with Gasteiger partial charge in [0.05, 0.1) is 12.8 Å². The first-order valence-corrected chi connectivity index (χ1v) is 9.41. The first-order valence-electron chi connectivity index (χ1n) is 9.41. The molecule has 0 saturated heterocycles. The van der Waals surface area contributed by atoms with Crippen molar-refractivity contribution in [3.63, 3.8) is 0 Å². The zero-order valence-electron chi connectivity index (χ0n) is 18.2. The summed E-state index contributed by atoms with van der Waals surface area (Å²) in [7, 11) is 4.81. The lowest BCUT2D eigenvalue weighted by molar-refractivity contribution is -0.114. The minimum Gasteiger partial charge on any atom is -0.496 e. The molecule has 0 saturated carbocycles. The van der Waals surface area contributed by atoms with Crippen LogP contribution >= 0.6 is 0 Å². The van der Waals surface area contributed by atoms with Gasteiger partial charge in [-0.15, -0.1) is 0 Å². The summed E-state index contributed by atoms with van der Waals surface area (Å²) in [5.74, 6) is -0.372. The third kappa shape index (κ3) is 5.63. The average Bonchev–Trinajstić information content (AvgIpc) is 2.70. The molecule has 0 spiro atoms. The van der Waals surface area contributed by atoms with Crippen LogP contribution in [0.1, 0.15) is 11.1 Å². The summed E-state index contributed by atoms with van der Waals surface area (Å²) < 4.78 is 25.6. The molecule has 0 aliphatic carbocycles. The summed E-state index contributed by atoms with van der Waals surface area (Å²) in [5.41, 5.74) is 7.07. The number of carbonyl (C=O) groups excluding carboxylic acids is 2. The van der Waals surface area contributed by atoms with Crippen molar-refractivity contribution in [1.29, 1.82) is 0 Å². The van der Waals surface area contributed by atoms with Gasteiger partial charge in [0.25, 0.3) is 5.91 Å². The SMILES string of the molecule is COc1cccc(OC(=C/C=O)/C(C(N)=O)=C(/Nc2ccc(C)cc2F)N(C)C)c1C.